The van der Waals surface area contributed by atoms with E-state index >= 15 is 0 Å². The number of aryl methyl sites for hydroxylation is 1. The predicted octanol–water partition coefficient (Wildman–Crippen LogP) is 0.972. The van der Waals surface area contributed by atoms with Crippen molar-refractivity contribution < 1.29 is 4.79 Å². The lowest BCUT2D eigenvalue weighted by Crippen LogP contribution is -2.29. The van der Waals surface area contributed by atoms with E-state index in [2.05, 4.69) is 10.4 Å². The number of carbonyl (C=O) groups excluding carboxylic acids is 1. The molecular formula is C9H14ClN3O. The smallest absolute Gasteiger partial charge is 0.238 e. The first-order valence-corrected chi connectivity index (χ1v) is 4.85. The summed E-state index contributed by atoms with van der Waals surface area (Å²) >= 11 is 5.61. The van der Waals surface area contributed by atoms with Gasteiger partial charge < -0.3 is 5.32 Å². The fourth-order valence-corrected chi connectivity index (χ4v) is 1.12. The number of rotatable bonds is 3. The number of amides is 1. The largest absolute Gasteiger partial charge is 0.351 e. The molecule has 1 rings (SSSR count). The van der Waals surface area contributed by atoms with E-state index in [1.54, 1.807) is 17.8 Å². The lowest BCUT2D eigenvalue weighted by atomic mass is 10.2. The van der Waals surface area contributed by atoms with Crippen LogP contribution in [0.1, 0.15) is 18.2 Å². The molecule has 1 amide bonds. The average molecular weight is 216 g/mol. The summed E-state index contributed by atoms with van der Waals surface area (Å²) in [4.78, 5) is 11.2. The molecule has 0 fully saturated rings. The van der Waals surface area contributed by atoms with Crippen LogP contribution in [0.2, 0.25) is 0 Å². The third kappa shape index (κ3) is 2.48. The highest BCUT2D eigenvalue weighted by atomic mass is 35.5. The lowest BCUT2D eigenvalue weighted by molar-refractivity contribution is -0.120. The summed E-state index contributed by atoms with van der Waals surface area (Å²) in [6, 6.07) is 0. The van der Waals surface area contributed by atoms with Crippen LogP contribution in [-0.2, 0) is 18.4 Å². The van der Waals surface area contributed by atoms with Gasteiger partial charge in [0.05, 0.1) is 6.20 Å². The monoisotopic (exact) mass is 215 g/mol. The zero-order chi connectivity index (χ0) is 10.7. The van der Waals surface area contributed by atoms with E-state index in [1.807, 2.05) is 14.0 Å². The Kier molecular flexibility index (Phi) is 3.52. The second-order valence-electron chi connectivity index (χ2n) is 3.21. The zero-order valence-electron chi connectivity index (χ0n) is 8.54. The Balaban J connectivity index is 2.54. The van der Waals surface area contributed by atoms with Crippen LogP contribution < -0.4 is 5.32 Å². The third-order valence-corrected chi connectivity index (χ3v) is 2.35. The van der Waals surface area contributed by atoms with Gasteiger partial charge in [0.15, 0.2) is 0 Å². The van der Waals surface area contributed by atoms with Crippen LogP contribution in [-0.4, -0.2) is 21.1 Å². The predicted molar refractivity (Wildman–Crippen MR) is 55.1 cm³/mol. The van der Waals surface area contributed by atoms with Gasteiger partial charge in [0.25, 0.3) is 0 Å². The number of alkyl halides is 1. The standard InChI is InChI=1S/C9H14ClN3O/c1-6(10)9(14)11-4-8-5-12-13(3)7(8)2/h5-6H,4H2,1-3H3,(H,11,14). The van der Waals surface area contributed by atoms with Crippen molar-refractivity contribution in [3.05, 3.63) is 17.5 Å². The molecule has 0 aliphatic rings. The first-order valence-electron chi connectivity index (χ1n) is 4.41. The Labute approximate surface area is 88.2 Å². The summed E-state index contributed by atoms with van der Waals surface area (Å²) in [6.07, 6.45) is 1.74. The molecule has 0 aliphatic carbocycles. The van der Waals surface area contributed by atoms with E-state index in [-0.39, 0.29) is 5.91 Å². The van der Waals surface area contributed by atoms with Crippen LogP contribution in [0, 0.1) is 6.92 Å². The minimum Gasteiger partial charge on any atom is -0.351 e. The molecule has 5 heteroatoms. The minimum atomic E-state index is -0.494. The van der Waals surface area contributed by atoms with Gasteiger partial charge in [-0.3, -0.25) is 9.48 Å². The Bertz CT molecular complexity index is 333. The van der Waals surface area contributed by atoms with Gasteiger partial charge in [-0.1, -0.05) is 0 Å². The average Bonchev–Trinajstić information content (AvgIpc) is 2.44. The molecule has 0 spiro atoms. The van der Waals surface area contributed by atoms with Gasteiger partial charge in [0, 0.05) is 24.8 Å². The molecule has 0 radical (unpaired) electrons. The van der Waals surface area contributed by atoms with Crippen LogP contribution in [0.5, 0.6) is 0 Å². The maximum absolute atomic E-state index is 11.2. The molecule has 1 atom stereocenters. The summed E-state index contributed by atoms with van der Waals surface area (Å²) in [5.74, 6) is -0.157. The van der Waals surface area contributed by atoms with Crippen molar-refractivity contribution in [2.24, 2.45) is 7.05 Å². The number of aromatic nitrogens is 2. The van der Waals surface area contributed by atoms with Crippen molar-refractivity contribution in [1.29, 1.82) is 0 Å². The number of nitrogens with zero attached hydrogens (tertiary/aromatic N) is 2. The van der Waals surface area contributed by atoms with Crippen molar-refractivity contribution in [3.8, 4) is 0 Å². The Morgan fingerprint density at radius 3 is 2.86 bits per heavy atom. The van der Waals surface area contributed by atoms with Crippen LogP contribution in [0.25, 0.3) is 0 Å². The van der Waals surface area contributed by atoms with E-state index in [9.17, 15) is 4.79 Å². The number of hydrogen-bond donors (Lipinski definition) is 1. The van der Waals surface area contributed by atoms with Crippen molar-refractivity contribution in [2.45, 2.75) is 25.8 Å². The SMILES string of the molecule is Cc1c(CNC(=O)C(C)Cl)cnn1C. The van der Waals surface area contributed by atoms with Gasteiger partial charge in [-0.2, -0.15) is 5.10 Å². The van der Waals surface area contributed by atoms with Crippen LogP contribution in [0.15, 0.2) is 6.20 Å². The molecule has 0 saturated carbocycles. The zero-order valence-corrected chi connectivity index (χ0v) is 9.30. The number of halogens is 1. The Hall–Kier alpha value is -1.03. The van der Waals surface area contributed by atoms with Crippen LogP contribution in [0.4, 0.5) is 0 Å². The summed E-state index contributed by atoms with van der Waals surface area (Å²) < 4.78 is 1.77. The topological polar surface area (TPSA) is 46.9 Å². The summed E-state index contributed by atoms with van der Waals surface area (Å²) in [5, 5.41) is 6.31. The molecule has 78 valence electrons. The van der Waals surface area contributed by atoms with Gasteiger partial charge in [0.1, 0.15) is 5.38 Å². The molecule has 1 aromatic rings. The van der Waals surface area contributed by atoms with E-state index < -0.39 is 5.38 Å². The molecule has 0 aliphatic heterocycles. The van der Waals surface area contributed by atoms with Gasteiger partial charge in [-0.05, 0) is 13.8 Å². The van der Waals surface area contributed by atoms with Gasteiger partial charge >= 0.3 is 0 Å². The highest BCUT2D eigenvalue weighted by molar-refractivity contribution is 6.30. The normalized spacial score (nSPS) is 12.6. The molecule has 1 aromatic heterocycles. The molecule has 4 nitrogen and oxygen atoms in total. The lowest BCUT2D eigenvalue weighted by Gasteiger charge is -2.05. The number of hydrogen-bond acceptors (Lipinski definition) is 2. The second kappa shape index (κ2) is 4.46. The summed E-state index contributed by atoms with van der Waals surface area (Å²) in [6.45, 7) is 4.08. The Morgan fingerprint density at radius 2 is 2.43 bits per heavy atom. The molecular weight excluding hydrogens is 202 g/mol. The third-order valence-electron chi connectivity index (χ3n) is 2.15. The summed E-state index contributed by atoms with van der Waals surface area (Å²) in [7, 11) is 1.87. The molecule has 0 bridgehead atoms. The molecule has 0 aromatic carbocycles. The van der Waals surface area contributed by atoms with Gasteiger partial charge in [-0.25, -0.2) is 0 Å². The minimum absolute atomic E-state index is 0.157. The maximum atomic E-state index is 11.2. The van der Waals surface area contributed by atoms with Crippen molar-refractivity contribution in [3.63, 3.8) is 0 Å². The highest BCUT2D eigenvalue weighted by Crippen LogP contribution is 2.05. The van der Waals surface area contributed by atoms with E-state index in [0.717, 1.165) is 11.3 Å². The first kappa shape index (κ1) is 11.0. The van der Waals surface area contributed by atoms with Gasteiger partial charge in [0.2, 0.25) is 5.91 Å². The van der Waals surface area contributed by atoms with Crippen LogP contribution in [0.3, 0.4) is 0 Å². The fraction of sp³-hybridized carbons (Fsp3) is 0.556. The van der Waals surface area contributed by atoms with E-state index in [1.165, 1.54) is 0 Å². The fourth-order valence-electron chi connectivity index (χ4n) is 1.04. The second-order valence-corrected chi connectivity index (χ2v) is 3.87. The van der Waals surface area contributed by atoms with Crippen molar-refractivity contribution in [1.82, 2.24) is 15.1 Å². The van der Waals surface area contributed by atoms with Crippen molar-refractivity contribution in [2.75, 3.05) is 0 Å². The quantitative estimate of drug-likeness (QED) is 0.764. The highest BCUT2D eigenvalue weighted by Gasteiger charge is 2.09. The number of carbonyl (C=O) groups is 1. The Morgan fingerprint density at radius 1 is 1.79 bits per heavy atom. The first-order chi connectivity index (χ1) is 6.52. The maximum Gasteiger partial charge on any atom is 0.238 e. The number of nitrogens with one attached hydrogen (secondary N) is 1. The van der Waals surface area contributed by atoms with Gasteiger partial charge in [-0.15, -0.1) is 11.6 Å². The molecule has 1 N–H and O–H groups in total. The van der Waals surface area contributed by atoms with Crippen molar-refractivity contribution >= 4 is 17.5 Å². The molecule has 1 heterocycles. The van der Waals surface area contributed by atoms with E-state index in [4.69, 9.17) is 11.6 Å². The van der Waals surface area contributed by atoms with Crippen LogP contribution >= 0.6 is 11.6 Å². The molecule has 1 unspecified atom stereocenters. The molecule has 0 saturated heterocycles. The molecule has 14 heavy (non-hydrogen) atoms. The van der Waals surface area contributed by atoms with E-state index in [0.29, 0.717) is 6.54 Å². The summed E-state index contributed by atoms with van der Waals surface area (Å²) in [5.41, 5.74) is 2.06.